The summed E-state index contributed by atoms with van der Waals surface area (Å²) in [7, 11) is -4.25. The van der Waals surface area contributed by atoms with Gasteiger partial charge in [0.25, 0.3) is 0 Å². The molecule has 0 aromatic heterocycles. The molecule has 21 heavy (non-hydrogen) atoms. The third-order valence-electron chi connectivity index (χ3n) is 3.69. The molecule has 0 saturated carbocycles. The average Bonchev–Trinajstić information content (AvgIpc) is 2.44. The molecule has 8 heteroatoms. The van der Waals surface area contributed by atoms with E-state index in [0.717, 1.165) is 16.8 Å². The van der Waals surface area contributed by atoms with Gasteiger partial charge in [0.05, 0.1) is 0 Å². The molecule has 4 nitrogen and oxygen atoms in total. The lowest BCUT2D eigenvalue weighted by Crippen LogP contribution is -2.51. The Hall–Kier alpha value is -1.12. The first-order chi connectivity index (χ1) is 9.76. The second kappa shape index (κ2) is 5.94. The van der Waals surface area contributed by atoms with Crippen LogP contribution in [0.1, 0.15) is 26.2 Å². The van der Waals surface area contributed by atoms with Crippen LogP contribution in [-0.2, 0) is 10.0 Å². The maximum Gasteiger partial charge on any atom is 0.246 e. The second-order valence-corrected chi connectivity index (χ2v) is 7.07. The van der Waals surface area contributed by atoms with Crippen LogP contribution >= 0.6 is 0 Å². The van der Waals surface area contributed by atoms with Crippen LogP contribution in [0.4, 0.5) is 13.2 Å². The van der Waals surface area contributed by atoms with E-state index in [1.807, 2.05) is 0 Å². The fourth-order valence-electron chi connectivity index (χ4n) is 2.59. The topological polar surface area (TPSA) is 63.4 Å². The standard InChI is InChI=1S/C13H17F3N2O2S/c1-8(17)10-4-2-3-7-18(10)21(19,20)11-6-5-9(14)12(15)13(11)16/h5-6,8,10H,2-4,7,17H2,1H3/t8-,10-/m1/s1. The van der Waals surface area contributed by atoms with Crippen molar-refractivity contribution in [3.05, 3.63) is 29.6 Å². The fourth-order valence-corrected chi connectivity index (χ4v) is 4.42. The van der Waals surface area contributed by atoms with Crippen molar-refractivity contribution in [1.29, 1.82) is 0 Å². The van der Waals surface area contributed by atoms with Crippen LogP contribution in [0.5, 0.6) is 0 Å². The molecule has 0 radical (unpaired) electrons. The van der Waals surface area contributed by atoms with E-state index < -0.39 is 44.5 Å². The van der Waals surface area contributed by atoms with Gasteiger partial charge in [-0.3, -0.25) is 0 Å². The Morgan fingerprint density at radius 1 is 1.24 bits per heavy atom. The second-order valence-electron chi connectivity index (χ2n) is 5.21. The molecule has 0 bridgehead atoms. The van der Waals surface area contributed by atoms with Crippen molar-refractivity contribution in [3.8, 4) is 0 Å². The van der Waals surface area contributed by atoms with E-state index in [1.165, 1.54) is 0 Å². The van der Waals surface area contributed by atoms with Crippen molar-refractivity contribution < 1.29 is 21.6 Å². The SMILES string of the molecule is C[C@@H](N)[C@H]1CCCCN1S(=O)(=O)c1ccc(F)c(F)c1F. The summed E-state index contributed by atoms with van der Waals surface area (Å²) in [6.07, 6.45) is 1.99. The lowest BCUT2D eigenvalue weighted by molar-refractivity contribution is 0.226. The molecule has 0 amide bonds. The molecule has 1 heterocycles. The molecule has 2 atom stereocenters. The zero-order valence-corrected chi connectivity index (χ0v) is 12.3. The number of hydrogen-bond acceptors (Lipinski definition) is 3. The quantitative estimate of drug-likeness (QED) is 0.866. The van der Waals surface area contributed by atoms with Crippen molar-refractivity contribution in [2.75, 3.05) is 6.54 Å². The van der Waals surface area contributed by atoms with Crippen LogP contribution in [0.15, 0.2) is 17.0 Å². The summed E-state index contributed by atoms with van der Waals surface area (Å²) < 4.78 is 66.2. The van der Waals surface area contributed by atoms with Gasteiger partial charge in [-0.1, -0.05) is 6.42 Å². The Labute approximate surface area is 121 Å². The summed E-state index contributed by atoms with van der Waals surface area (Å²) >= 11 is 0. The summed E-state index contributed by atoms with van der Waals surface area (Å²) in [4.78, 5) is -0.853. The van der Waals surface area contributed by atoms with Crippen molar-refractivity contribution in [3.63, 3.8) is 0 Å². The summed E-state index contributed by atoms with van der Waals surface area (Å²) in [5, 5.41) is 0. The Morgan fingerprint density at radius 2 is 1.90 bits per heavy atom. The van der Waals surface area contributed by atoms with E-state index in [1.54, 1.807) is 6.92 Å². The molecule has 0 aliphatic carbocycles. The molecule has 1 aliphatic rings. The number of nitrogens with two attached hydrogens (primary N) is 1. The normalized spacial score (nSPS) is 22.2. The summed E-state index contributed by atoms with van der Waals surface area (Å²) in [5.74, 6) is -4.90. The monoisotopic (exact) mass is 322 g/mol. The number of hydrogen-bond donors (Lipinski definition) is 1. The van der Waals surface area contributed by atoms with Gasteiger partial charge in [-0.15, -0.1) is 0 Å². The van der Waals surface area contributed by atoms with Gasteiger partial charge in [0.2, 0.25) is 10.0 Å². The van der Waals surface area contributed by atoms with Crippen molar-refractivity contribution in [2.45, 2.75) is 43.2 Å². The highest BCUT2D eigenvalue weighted by molar-refractivity contribution is 7.89. The molecular weight excluding hydrogens is 305 g/mol. The molecule has 0 spiro atoms. The van der Waals surface area contributed by atoms with Crippen LogP contribution in [0.25, 0.3) is 0 Å². The molecule has 2 N–H and O–H groups in total. The lowest BCUT2D eigenvalue weighted by atomic mass is 10.00. The highest BCUT2D eigenvalue weighted by atomic mass is 32.2. The maximum atomic E-state index is 13.8. The minimum atomic E-state index is -4.25. The van der Waals surface area contributed by atoms with E-state index in [9.17, 15) is 21.6 Å². The van der Waals surface area contributed by atoms with Crippen LogP contribution in [0.2, 0.25) is 0 Å². The third kappa shape index (κ3) is 2.93. The van der Waals surface area contributed by atoms with Crippen LogP contribution in [-0.4, -0.2) is 31.4 Å². The van der Waals surface area contributed by atoms with Gasteiger partial charge in [0.1, 0.15) is 4.90 Å². The molecule has 1 saturated heterocycles. The number of rotatable bonds is 3. The number of sulfonamides is 1. The molecule has 1 fully saturated rings. The Morgan fingerprint density at radius 3 is 2.52 bits per heavy atom. The number of nitrogens with zero attached hydrogens (tertiary/aromatic N) is 1. The average molecular weight is 322 g/mol. The first kappa shape index (κ1) is 16.3. The minimum Gasteiger partial charge on any atom is -0.326 e. The predicted molar refractivity (Wildman–Crippen MR) is 71.5 cm³/mol. The van der Waals surface area contributed by atoms with Gasteiger partial charge in [-0.2, -0.15) is 4.31 Å². The van der Waals surface area contributed by atoms with Gasteiger partial charge < -0.3 is 5.73 Å². The lowest BCUT2D eigenvalue weighted by Gasteiger charge is -2.36. The first-order valence-electron chi connectivity index (χ1n) is 6.67. The number of piperidine rings is 1. The van der Waals surface area contributed by atoms with Crippen molar-refractivity contribution in [1.82, 2.24) is 4.31 Å². The van der Waals surface area contributed by atoms with E-state index >= 15 is 0 Å². The molecule has 2 rings (SSSR count). The zero-order chi connectivity index (χ0) is 15.8. The third-order valence-corrected chi connectivity index (χ3v) is 5.63. The van der Waals surface area contributed by atoms with Crippen LogP contribution < -0.4 is 5.73 Å². The molecule has 1 aromatic rings. The largest absolute Gasteiger partial charge is 0.326 e. The van der Waals surface area contributed by atoms with E-state index in [4.69, 9.17) is 5.73 Å². The van der Waals surface area contributed by atoms with Crippen LogP contribution in [0.3, 0.4) is 0 Å². The van der Waals surface area contributed by atoms with Gasteiger partial charge in [0, 0.05) is 18.6 Å². The smallest absolute Gasteiger partial charge is 0.246 e. The van der Waals surface area contributed by atoms with Crippen molar-refractivity contribution >= 4 is 10.0 Å². The summed E-state index contributed by atoms with van der Waals surface area (Å²) in [6, 6.07) is 0.441. The van der Waals surface area contributed by atoms with E-state index in [2.05, 4.69) is 0 Å². The van der Waals surface area contributed by atoms with Gasteiger partial charge in [-0.05, 0) is 31.9 Å². The number of benzene rings is 1. The van der Waals surface area contributed by atoms with E-state index in [-0.39, 0.29) is 6.54 Å². The predicted octanol–water partition coefficient (Wildman–Crippen LogP) is 1.99. The summed E-state index contributed by atoms with van der Waals surface area (Å²) in [6.45, 7) is 1.85. The highest BCUT2D eigenvalue weighted by Gasteiger charge is 2.37. The molecule has 118 valence electrons. The zero-order valence-electron chi connectivity index (χ0n) is 11.5. The van der Waals surface area contributed by atoms with E-state index in [0.29, 0.717) is 18.9 Å². The van der Waals surface area contributed by atoms with Crippen molar-refractivity contribution in [2.24, 2.45) is 5.73 Å². The van der Waals surface area contributed by atoms with Gasteiger partial charge in [-0.25, -0.2) is 21.6 Å². The molecular formula is C13H17F3N2O2S. The fraction of sp³-hybridized carbons (Fsp3) is 0.538. The molecule has 1 aliphatic heterocycles. The Bertz CT molecular complexity index is 635. The first-order valence-corrected chi connectivity index (χ1v) is 8.11. The number of halogens is 3. The minimum absolute atomic E-state index is 0.187. The maximum absolute atomic E-state index is 13.8. The summed E-state index contributed by atoms with van der Waals surface area (Å²) in [5.41, 5.74) is 5.79. The molecule has 0 unspecified atom stereocenters. The molecule has 1 aromatic carbocycles. The Balaban J connectivity index is 2.48. The van der Waals surface area contributed by atoms with Gasteiger partial charge >= 0.3 is 0 Å². The highest BCUT2D eigenvalue weighted by Crippen LogP contribution is 2.29. The van der Waals surface area contributed by atoms with Gasteiger partial charge in [0.15, 0.2) is 17.5 Å². The van der Waals surface area contributed by atoms with Crippen LogP contribution in [0, 0.1) is 17.5 Å². The Kier molecular flexibility index (Phi) is 4.60.